The van der Waals surface area contributed by atoms with Crippen LogP contribution in [0.2, 0.25) is 0 Å². The number of methoxy groups -OCH3 is 2. The second-order valence-electron chi connectivity index (χ2n) is 2.61. The number of guanidine groups is 1. The van der Waals surface area contributed by atoms with Crippen LogP contribution >= 0.6 is 12.4 Å². The largest absolute Gasteiger partial charge is 0.497 e. The Labute approximate surface area is 94.5 Å². The van der Waals surface area contributed by atoms with Gasteiger partial charge in [0.25, 0.3) is 0 Å². The van der Waals surface area contributed by atoms with Crippen LogP contribution in [0.25, 0.3) is 0 Å². The molecule has 4 N–H and O–H groups in total. The molecule has 0 aliphatic heterocycles. The molecule has 0 radical (unpaired) electrons. The van der Waals surface area contributed by atoms with Gasteiger partial charge in [-0.2, -0.15) is 0 Å². The molecule has 0 bridgehead atoms. The van der Waals surface area contributed by atoms with E-state index >= 15 is 0 Å². The Balaban J connectivity index is 0.00000196. The molecule has 0 atom stereocenters. The summed E-state index contributed by atoms with van der Waals surface area (Å²) in [5.41, 5.74) is 11.1. The first-order valence-electron chi connectivity index (χ1n) is 3.98. The molecule has 5 nitrogen and oxygen atoms in total. The molecule has 1 aromatic rings. The van der Waals surface area contributed by atoms with E-state index in [1.807, 2.05) is 0 Å². The molecule has 84 valence electrons. The van der Waals surface area contributed by atoms with Crippen LogP contribution in [-0.2, 0) is 0 Å². The van der Waals surface area contributed by atoms with E-state index in [1.54, 1.807) is 32.4 Å². The summed E-state index contributed by atoms with van der Waals surface area (Å²) >= 11 is 0. The number of nitrogens with two attached hydrogens (primary N) is 2. The standard InChI is InChI=1S/C9H13N3O2.ClH/c1-13-7-3-6(12-9(10)11)4-8(5-7)14-2;/h3-5H,1-2H3,(H4,10,11,12);1H. The Hall–Kier alpha value is -1.62. The lowest BCUT2D eigenvalue weighted by Gasteiger charge is -2.05. The van der Waals surface area contributed by atoms with Crippen molar-refractivity contribution in [2.45, 2.75) is 0 Å². The van der Waals surface area contributed by atoms with Crippen LogP contribution in [0.3, 0.4) is 0 Å². The quantitative estimate of drug-likeness (QED) is 0.601. The fraction of sp³-hybridized carbons (Fsp3) is 0.222. The van der Waals surface area contributed by atoms with Crippen LogP contribution in [0.5, 0.6) is 11.5 Å². The van der Waals surface area contributed by atoms with Crippen LogP contribution in [-0.4, -0.2) is 20.2 Å². The van der Waals surface area contributed by atoms with Gasteiger partial charge in [0.05, 0.1) is 19.9 Å². The highest BCUT2D eigenvalue weighted by Crippen LogP contribution is 2.27. The molecule has 0 aromatic heterocycles. The molecule has 0 fully saturated rings. The zero-order chi connectivity index (χ0) is 10.6. The van der Waals surface area contributed by atoms with E-state index in [2.05, 4.69) is 4.99 Å². The summed E-state index contributed by atoms with van der Waals surface area (Å²) in [7, 11) is 3.13. The van der Waals surface area contributed by atoms with Gasteiger partial charge >= 0.3 is 0 Å². The third kappa shape index (κ3) is 3.95. The third-order valence-corrected chi connectivity index (χ3v) is 1.59. The number of ether oxygens (including phenoxy) is 2. The predicted molar refractivity (Wildman–Crippen MR) is 62.3 cm³/mol. The summed E-state index contributed by atoms with van der Waals surface area (Å²) in [5.74, 6) is 1.29. The number of halogens is 1. The minimum Gasteiger partial charge on any atom is -0.497 e. The van der Waals surface area contributed by atoms with Gasteiger partial charge in [0, 0.05) is 18.2 Å². The Morgan fingerprint density at radius 3 is 1.87 bits per heavy atom. The Morgan fingerprint density at radius 1 is 1.07 bits per heavy atom. The van der Waals surface area contributed by atoms with Gasteiger partial charge in [-0.05, 0) is 0 Å². The van der Waals surface area contributed by atoms with E-state index in [0.29, 0.717) is 17.2 Å². The summed E-state index contributed by atoms with van der Waals surface area (Å²) in [5, 5.41) is 0. The summed E-state index contributed by atoms with van der Waals surface area (Å²) in [6, 6.07) is 5.16. The molecular formula is C9H14ClN3O2. The van der Waals surface area contributed by atoms with Crippen molar-refractivity contribution >= 4 is 24.1 Å². The average molecular weight is 232 g/mol. The van der Waals surface area contributed by atoms with E-state index in [0.717, 1.165) is 0 Å². The van der Waals surface area contributed by atoms with Gasteiger partial charge in [-0.25, -0.2) is 4.99 Å². The van der Waals surface area contributed by atoms with Crippen molar-refractivity contribution in [3.8, 4) is 11.5 Å². The van der Waals surface area contributed by atoms with Crippen molar-refractivity contribution in [2.75, 3.05) is 14.2 Å². The van der Waals surface area contributed by atoms with E-state index in [9.17, 15) is 0 Å². The van der Waals surface area contributed by atoms with Crippen molar-refractivity contribution in [3.63, 3.8) is 0 Å². The maximum absolute atomic E-state index is 5.25. The molecule has 15 heavy (non-hydrogen) atoms. The first-order chi connectivity index (χ1) is 6.65. The summed E-state index contributed by atoms with van der Waals surface area (Å²) in [6.07, 6.45) is 0. The molecule has 6 heteroatoms. The molecule has 0 amide bonds. The number of rotatable bonds is 3. The minimum atomic E-state index is 0. The van der Waals surface area contributed by atoms with Crippen LogP contribution in [0.15, 0.2) is 23.2 Å². The topological polar surface area (TPSA) is 82.9 Å². The number of hydrogen-bond acceptors (Lipinski definition) is 3. The van der Waals surface area contributed by atoms with Gasteiger partial charge in [0.1, 0.15) is 11.5 Å². The maximum Gasteiger partial charge on any atom is 0.191 e. The van der Waals surface area contributed by atoms with E-state index in [-0.39, 0.29) is 18.4 Å². The van der Waals surface area contributed by atoms with Crippen molar-refractivity contribution in [3.05, 3.63) is 18.2 Å². The molecule has 0 saturated carbocycles. The molecule has 0 aliphatic rings. The van der Waals surface area contributed by atoms with E-state index < -0.39 is 0 Å². The molecule has 0 heterocycles. The van der Waals surface area contributed by atoms with Crippen LogP contribution < -0.4 is 20.9 Å². The maximum atomic E-state index is 5.25. The van der Waals surface area contributed by atoms with Gasteiger partial charge in [-0.1, -0.05) is 0 Å². The second kappa shape index (κ2) is 5.98. The van der Waals surface area contributed by atoms with Crippen LogP contribution in [0, 0.1) is 0 Å². The zero-order valence-electron chi connectivity index (χ0n) is 8.56. The normalized spacial score (nSPS) is 8.67. The zero-order valence-corrected chi connectivity index (χ0v) is 9.38. The molecule has 0 aliphatic carbocycles. The molecular weight excluding hydrogens is 218 g/mol. The number of aliphatic imine (C=N–C) groups is 1. The highest BCUT2D eigenvalue weighted by atomic mass is 35.5. The lowest BCUT2D eigenvalue weighted by molar-refractivity contribution is 0.394. The number of hydrogen-bond donors (Lipinski definition) is 2. The Bertz CT molecular complexity index is 329. The molecule has 0 spiro atoms. The molecule has 0 saturated heterocycles. The fourth-order valence-corrected chi connectivity index (χ4v) is 1.01. The van der Waals surface area contributed by atoms with Crippen LogP contribution in [0.1, 0.15) is 0 Å². The van der Waals surface area contributed by atoms with Gasteiger partial charge in [0.15, 0.2) is 5.96 Å². The second-order valence-corrected chi connectivity index (χ2v) is 2.61. The Morgan fingerprint density at radius 2 is 1.53 bits per heavy atom. The first-order valence-corrected chi connectivity index (χ1v) is 3.98. The number of benzene rings is 1. The Kier molecular flexibility index (Phi) is 5.33. The highest BCUT2D eigenvalue weighted by Gasteiger charge is 2.00. The van der Waals surface area contributed by atoms with Gasteiger partial charge < -0.3 is 20.9 Å². The third-order valence-electron chi connectivity index (χ3n) is 1.59. The minimum absolute atomic E-state index is 0. The molecule has 1 rings (SSSR count). The average Bonchev–Trinajstić information content (AvgIpc) is 2.16. The predicted octanol–water partition coefficient (Wildman–Crippen LogP) is 1.03. The van der Waals surface area contributed by atoms with Crippen molar-refractivity contribution in [1.82, 2.24) is 0 Å². The lowest BCUT2D eigenvalue weighted by atomic mass is 10.3. The van der Waals surface area contributed by atoms with E-state index in [4.69, 9.17) is 20.9 Å². The lowest BCUT2D eigenvalue weighted by Crippen LogP contribution is -2.21. The summed E-state index contributed by atoms with van der Waals surface area (Å²) in [6.45, 7) is 0. The fourth-order valence-electron chi connectivity index (χ4n) is 1.01. The van der Waals surface area contributed by atoms with Crippen molar-refractivity contribution in [1.29, 1.82) is 0 Å². The summed E-state index contributed by atoms with van der Waals surface area (Å²) < 4.78 is 10.1. The smallest absolute Gasteiger partial charge is 0.191 e. The summed E-state index contributed by atoms with van der Waals surface area (Å²) in [4.78, 5) is 3.89. The van der Waals surface area contributed by atoms with Crippen molar-refractivity contribution < 1.29 is 9.47 Å². The monoisotopic (exact) mass is 231 g/mol. The van der Waals surface area contributed by atoms with Gasteiger partial charge in [-0.3, -0.25) is 0 Å². The number of nitrogens with zero attached hydrogens (tertiary/aromatic N) is 1. The SMILES string of the molecule is COc1cc(N=C(N)N)cc(OC)c1.Cl. The van der Waals surface area contributed by atoms with Crippen molar-refractivity contribution in [2.24, 2.45) is 16.5 Å². The molecule has 1 aromatic carbocycles. The van der Waals surface area contributed by atoms with Gasteiger partial charge in [-0.15, -0.1) is 12.4 Å². The first kappa shape index (κ1) is 13.4. The van der Waals surface area contributed by atoms with E-state index in [1.165, 1.54) is 0 Å². The van der Waals surface area contributed by atoms with Crippen LogP contribution in [0.4, 0.5) is 5.69 Å². The highest BCUT2D eigenvalue weighted by molar-refractivity contribution is 5.85. The van der Waals surface area contributed by atoms with Gasteiger partial charge in [0.2, 0.25) is 0 Å². The molecule has 0 unspecified atom stereocenters.